The van der Waals surface area contributed by atoms with Crippen LogP contribution < -0.4 is 5.32 Å². The molecule has 23 heavy (non-hydrogen) atoms. The summed E-state index contributed by atoms with van der Waals surface area (Å²) in [5, 5.41) is 2.40. The van der Waals surface area contributed by atoms with E-state index in [0.29, 0.717) is 0 Å². The monoisotopic (exact) mass is 351 g/mol. The van der Waals surface area contributed by atoms with E-state index in [4.69, 9.17) is 0 Å². The van der Waals surface area contributed by atoms with E-state index in [0.717, 1.165) is 18.4 Å². The van der Waals surface area contributed by atoms with Crippen molar-refractivity contribution in [3.05, 3.63) is 29.8 Å². The van der Waals surface area contributed by atoms with Gasteiger partial charge < -0.3 is 10.2 Å². The number of carbonyl (C=O) groups excluding carboxylic acids is 1. The van der Waals surface area contributed by atoms with Crippen LogP contribution in [0.4, 0.5) is 23.7 Å². The Labute approximate surface area is 131 Å². The number of alkyl halides is 3. The molecular weight excluding hydrogens is 335 g/mol. The van der Waals surface area contributed by atoms with Crippen molar-refractivity contribution < 1.29 is 26.4 Å². The number of rotatable bonds is 2. The van der Waals surface area contributed by atoms with Crippen molar-refractivity contribution >= 4 is 21.7 Å². The molecule has 0 bridgehead atoms. The lowest BCUT2D eigenvalue weighted by atomic mass is 10.2. The number of hydrogen-bond acceptors (Lipinski definition) is 3. The Kier molecular flexibility index (Phi) is 4.85. The Hall–Kier alpha value is -1.81. The smallest absolute Gasteiger partial charge is 0.322 e. The fourth-order valence-corrected chi connectivity index (χ4v) is 3.03. The summed E-state index contributed by atoms with van der Waals surface area (Å²) in [6.45, 7) is 0.680. The number of benzene rings is 1. The molecule has 128 valence electrons. The average Bonchev–Trinajstić information content (AvgIpc) is 2.46. The largest absolute Gasteiger partial charge is 0.416 e. The molecule has 0 saturated carbocycles. The lowest BCUT2D eigenvalue weighted by Crippen LogP contribution is -2.51. The van der Waals surface area contributed by atoms with Gasteiger partial charge in [-0.3, -0.25) is 0 Å². The Morgan fingerprint density at radius 3 is 2.30 bits per heavy atom. The maximum atomic E-state index is 12.6. The van der Waals surface area contributed by atoms with Gasteiger partial charge in [-0.05, 0) is 18.2 Å². The summed E-state index contributed by atoms with van der Waals surface area (Å²) >= 11 is 0. The maximum Gasteiger partial charge on any atom is 0.416 e. The standard InChI is InChI=1S/C13H16F3N3O3S/c1-23(21,22)19-7-5-18(6-8-19)12(20)17-11-4-2-3-10(9-11)13(14,15)16/h2-4,9H,5-8H2,1H3,(H,17,20). The Morgan fingerprint density at radius 1 is 1.17 bits per heavy atom. The van der Waals surface area contributed by atoms with Crippen molar-refractivity contribution in [2.24, 2.45) is 0 Å². The second kappa shape index (κ2) is 6.36. The van der Waals surface area contributed by atoms with Crippen molar-refractivity contribution in [1.82, 2.24) is 9.21 Å². The van der Waals surface area contributed by atoms with E-state index < -0.39 is 27.8 Å². The van der Waals surface area contributed by atoms with Crippen LogP contribution in [-0.4, -0.2) is 56.1 Å². The molecule has 6 nitrogen and oxygen atoms in total. The first-order valence-electron chi connectivity index (χ1n) is 6.76. The molecule has 1 aromatic rings. The number of anilines is 1. The zero-order valence-corrected chi connectivity index (χ0v) is 13.1. The van der Waals surface area contributed by atoms with Gasteiger partial charge >= 0.3 is 12.2 Å². The van der Waals surface area contributed by atoms with Crippen molar-refractivity contribution in [2.45, 2.75) is 6.18 Å². The zero-order valence-electron chi connectivity index (χ0n) is 12.3. The molecule has 0 unspecified atom stereocenters. The van der Waals surface area contributed by atoms with Crippen molar-refractivity contribution in [3.8, 4) is 0 Å². The number of nitrogens with one attached hydrogen (secondary N) is 1. The molecule has 0 aromatic heterocycles. The SMILES string of the molecule is CS(=O)(=O)N1CCN(C(=O)Nc2cccc(C(F)(F)F)c2)CC1. The highest BCUT2D eigenvalue weighted by molar-refractivity contribution is 7.88. The van der Waals surface area contributed by atoms with E-state index in [9.17, 15) is 26.4 Å². The summed E-state index contributed by atoms with van der Waals surface area (Å²) in [6.07, 6.45) is -3.40. The number of halogens is 3. The van der Waals surface area contributed by atoms with Gasteiger partial charge in [0.1, 0.15) is 0 Å². The number of sulfonamides is 1. The minimum Gasteiger partial charge on any atom is -0.322 e. The van der Waals surface area contributed by atoms with Gasteiger partial charge in [0.25, 0.3) is 0 Å². The molecule has 10 heteroatoms. The summed E-state index contributed by atoms with van der Waals surface area (Å²) in [6, 6.07) is 3.78. The molecule has 0 aliphatic carbocycles. The first-order valence-corrected chi connectivity index (χ1v) is 8.60. The second-order valence-electron chi connectivity index (χ2n) is 5.16. The Morgan fingerprint density at radius 2 is 1.78 bits per heavy atom. The third-order valence-corrected chi connectivity index (χ3v) is 4.74. The molecular formula is C13H16F3N3O3S. The van der Waals surface area contributed by atoms with Gasteiger partial charge in [-0.25, -0.2) is 13.2 Å². The van der Waals surface area contributed by atoms with Gasteiger partial charge in [-0.15, -0.1) is 0 Å². The van der Waals surface area contributed by atoms with Crippen LogP contribution in [0.15, 0.2) is 24.3 Å². The topological polar surface area (TPSA) is 69.7 Å². The van der Waals surface area contributed by atoms with E-state index in [1.807, 2.05) is 0 Å². The molecule has 1 heterocycles. The maximum absolute atomic E-state index is 12.6. The molecule has 0 atom stereocenters. The molecule has 1 fully saturated rings. The predicted octanol–water partition coefficient (Wildman–Crippen LogP) is 1.81. The highest BCUT2D eigenvalue weighted by Crippen LogP contribution is 2.30. The van der Waals surface area contributed by atoms with Crippen molar-refractivity contribution in [2.75, 3.05) is 37.8 Å². The number of hydrogen-bond donors (Lipinski definition) is 1. The van der Waals surface area contributed by atoms with Crippen LogP contribution in [-0.2, 0) is 16.2 Å². The molecule has 1 aliphatic heterocycles. The third-order valence-electron chi connectivity index (χ3n) is 3.44. The summed E-state index contributed by atoms with van der Waals surface area (Å²) < 4.78 is 61.9. The van der Waals surface area contributed by atoms with Gasteiger partial charge in [0.05, 0.1) is 11.8 Å². The third kappa shape index (κ3) is 4.58. The van der Waals surface area contributed by atoms with Crippen LogP contribution >= 0.6 is 0 Å². The van der Waals surface area contributed by atoms with E-state index in [-0.39, 0.29) is 31.9 Å². The first-order chi connectivity index (χ1) is 10.6. The Balaban J connectivity index is 1.98. The van der Waals surface area contributed by atoms with Crippen LogP contribution in [0, 0.1) is 0 Å². The van der Waals surface area contributed by atoms with Gasteiger partial charge in [-0.1, -0.05) is 6.07 Å². The normalized spacial score (nSPS) is 17.1. The number of nitrogens with zero attached hydrogens (tertiary/aromatic N) is 2. The minimum atomic E-state index is -4.48. The van der Waals surface area contributed by atoms with Crippen molar-refractivity contribution in [3.63, 3.8) is 0 Å². The summed E-state index contributed by atoms with van der Waals surface area (Å²) in [4.78, 5) is 13.4. The molecule has 1 aromatic carbocycles. The van der Waals surface area contributed by atoms with Crippen LogP contribution in [0.25, 0.3) is 0 Å². The average molecular weight is 351 g/mol. The molecule has 2 rings (SSSR count). The van der Waals surface area contributed by atoms with E-state index in [2.05, 4.69) is 5.32 Å². The van der Waals surface area contributed by atoms with Gasteiger partial charge in [0.15, 0.2) is 0 Å². The van der Waals surface area contributed by atoms with Crippen LogP contribution in [0.2, 0.25) is 0 Å². The van der Waals surface area contributed by atoms with E-state index in [1.165, 1.54) is 21.3 Å². The highest BCUT2D eigenvalue weighted by atomic mass is 32.2. The summed E-state index contributed by atoms with van der Waals surface area (Å²) in [7, 11) is -3.31. The lowest BCUT2D eigenvalue weighted by molar-refractivity contribution is -0.137. The fourth-order valence-electron chi connectivity index (χ4n) is 2.20. The number of carbonyl (C=O) groups is 1. The zero-order chi connectivity index (χ0) is 17.3. The predicted molar refractivity (Wildman–Crippen MR) is 78.5 cm³/mol. The lowest BCUT2D eigenvalue weighted by Gasteiger charge is -2.33. The van der Waals surface area contributed by atoms with E-state index in [1.54, 1.807) is 0 Å². The second-order valence-corrected chi connectivity index (χ2v) is 7.14. The minimum absolute atomic E-state index is 0.0374. The highest BCUT2D eigenvalue weighted by Gasteiger charge is 2.31. The summed E-state index contributed by atoms with van der Waals surface area (Å²) in [5.74, 6) is 0. The molecule has 1 aliphatic rings. The first kappa shape index (κ1) is 17.5. The number of urea groups is 1. The molecule has 1 N–H and O–H groups in total. The molecule has 0 spiro atoms. The van der Waals surface area contributed by atoms with Gasteiger partial charge in [0.2, 0.25) is 10.0 Å². The Bertz CT molecular complexity index is 683. The molecule has 0 radical (unpaired) electrons. The fraction of sp³-hybridized carbons (Fsp3) is 0.462. The quantitative estimate of drug-likeness (QED) is 0.884. The van der Waals surface area contributed by atoms with Crippen LogP contribution in [0.3, 0.4) is 0 Å². The van der Waals surface area contributed by atoms with Gasteiger partial charge in [-0.2, -0.15) is 17.5 Å². The number of amides is 2. The summed E-state index contributed by atoms with van der Waals surface area (Å²) in [5.41, 5.74) is -0.812. The van der Waals surface area contributed by atoms with E-state index >= 15 is 0 Å². The molecule has 2 amide bonds. The number of piperazine rings is 1. The van der Waals surface area contributed by atoms with Crippen LogP contribution in [0.1, 0.15) is 5.56 Å². The molecule has 1 saturated heterocycles. The van der Waals surface area contributed by atoms with Crippen LogP contribution in [0.5, 0.6) is 0 Å². The van der Waals surface area contributed by atoms with Gasteiger partial charge in [0, 0.05) is 31.9 Å². The van der Waals surface area contributed by atoms with Crippen molar-refractivity contribution in [1.29, 1.82) is 0 Å².